The Hall–Kier alpha value is -2.86. The zero-order chi connectivity index (χ0) is 19.4. The van der Waals surface area contributed by atoms with Gasteiger partial charge >= 0.3 is 0 Å². The molecule has 0 aliphatic carbocycles. The van der Waals surface area contributed by atoms with Crippen molar-refractivity contribution < 1.29 is 9.59 Å². The number of hydrogen-bond donors (Lipinski definition) is 3. The molecule has 0 saturated carbocycles. The molecule has 2 amide bonds. The van der Waals surface area contributed by atoms with Crippen LogP contribution in [0, 0.1) is 5.92 Å². The van der Waals surface area contributed by atoms with Gasteiger partial charge < -0.3 is 10.3 Å². The maximum absolute atomic E-state index is 12.7. The molecule has 27 heavy (non-hydrogen) atoms. The van der Waals surface area contributed by atoms with E-state index in [2.05, 4.69) is 20.6 Å². The Kier molecular flexibility index (Phi) is 5.76. The SMILES string of the molecule is CC(C)CC(NC(=O)c1cccc(Cl)c1)C(=O)Nc1nc2ccccc2[nH]1. The second-order valence-corrected chi connectivity index (χ2v) is 7.19. The summed E-state index contributed by atoms with van der Waals surface area (Å²) in [6.45, 7) is 3.99. The number of aromatic nitrogens is 2. The number of para-hydroxylation sites is 2. The molecule has 0 aliphatic rings. The fourth-order valence-electron chi connectivity index (χ4n) is 2.79. The van der Waals surface area contributed by atoms with Crippen molar-refractivity contribution in [2.45, 2.75) is 26.3 Å². The van der Waals surface area contributed by atoms with Gasteiger partial charge in [0, 0.05) is 10.6 Å². The Morgan fingerprint density at radius 3 is 2.63 bits per heavy atom. The number of carbonyl (C=O) groups is 2. The van der Waals surface area contributed by atoms with Crippen LogP contribution >= 0.6 is 11.6 Å². The van der Waals surface area contributed by atoms with E-state index in [0.717, 1.165) is 11.0 Å². The fourth-order valence-corrected chi connectivity index (χ4v) is 2.98. The highest BCUT2D eigenvalue weighted by atomic mass is 35.5. The highest BCUT2D eigenvalue weighted by Crippen LogP contribution is 2.15. The number of nitrogens with one attached hydrogen (secondary N) is 3. The highest BCUT2D eigenvalue weighted by molar-refractivity contribution is 6.31. The number of anilines is 1. The Bertz CT molecular complexity index is 934. The molecule has 1 aromatic heterocycles. The van der Waals surface area contributed by atoms with Crippen LogP contribution in [0.25, 0.3) is 11.0 Å². The van der Waals surface area contributed by atoms with Crippen LogP contribution in [0.15, 0.2) is 48.5 Å². The zero-order valence-corrected chi connectivity index (χ0v) is 15.9. The first-order chi connectivity index (χ1) is 12.9. The van der Waals surface area contributed by atoms with Crippen molar-refractivity contribution in [2.75, 3.05) is 5.32 Å². The van der Waals surface area contributed by atoms with E-state index in [9.17, 15) is 9.59 Å². The lowest BCUT2D eigenvalue weighted by Crippen LogP contribution is -2.44. The second kappa shape index (κ2) is 8.22. The molecule has 0 radical (unpaired) electrons. The van der Waals surface area contributed by atoms with Gasteiger partial charge in [-0.05, 0) is 42.7 Å². The number of hydrogen-bond acceptors (Lipinski definition) is 3. The monoisotopic (exact) mass is 384 g/mol. The quantitative estimate of drug-likeness (QED) is 0.600. The Labute approximate surface area is 162 Å². The summed E-state index contributed by atoms with van der Waals surface area (Å²) in [7, 11) is 0. The van der Waals surface area contributed by atoms with Crippen molar-refractivity contribution >= 4 is 40.4 Å². The number of benzene rings is 2. The van der Waals surface area contributed by atoms with Crippen molar-refractivity contribution in [1.29, 1.82) is 0 Å². The van der Waals surface area contributed by atoms with Crippen molar-refractivity contribution in [3.05, 3.63) is 59.1 Å². The van der Waals surface area contributed by atoms with Crippen LogP contribution in [-0.2, 0) is 4.79 Å². The normalized spacial score (nSPS) is 12.1. The van der Waals surface area contributed by atoms with Crippen LogP contribution in [0.2, 0.25) is 5.02 Å². The van der Waals surface area contributed by atoms with Crippen molar-refractivity contribution in [1.82, 2.24) is 15.3 Å². The summed E-state index contributed by atoms with van der Waals surface area (Å²) in [6.07, 6.45) is 0.498. The molecule has 0 saturated heterocycles. The van der Waals surface area contributed by atoms with E-state index in [1.54, 1.807) is 24.3 Å². The molecule has 140 valence electrons. The van der Waals surface area contributed by atoms with E-state index in [1.165, 1.54) is 0 Å². The predicted molar refractivity (Wildman–Crippen MR) is 107 cm³/mol. The molecule has 3 rings (SSSR count). The van der Waals surface area contributed by atoms with Gasteiger partial charge in [0.1, 0.15) is 6.04 Å². The zero-order valence-electron chi connectivity index (χ0n) is 15.1. The third-order valence-corrected chi connectivity index (χ3v) is 4.28. The molecular formula is C20H21ClN4O2. The van der Waals surface area contributed by atoms with Crippen LogP contribution < -0.4 is 10.6 Å². The summed E-state index contributed by atoms with van der Waals surface area (Å²) in [5.41, 5.74) is 2.00. The number of H-pyrrole nitrogens is 1. The largest absolute Gasteiger partial charge is 0.340 e. The molecule has 0 aliphatic heterocycles. The van der Waals surface area contributed by atoms with Crippen LogP contribution in [0.3, 0.4) is 0 Å². The van der Waals surface area contributed by atoms with Gasteiger partial charge in [0.2, 0.25) is 11.9 Å². The average Bonchev–Trinajstić information content (AvgIpc) is 3.02. The van der Waals surface area contributed by atoms with Gasteiger partial charge in [-0.1, -0.05) is 43.6 Å². The summed E-state index contributed by atoms with van der Waals surface area (Å²) < 4.78 is 0. The van der Waals surface area contributed by atoms with E-state index in [1.807, 2.05) is 38.1 Å². The first-order valence-corrected chi connectivity index (χ1v) is 9.12. The number of imidazole rings is 1. The predicted octanol–water partition coefficient (Wildman–Crippen LogP) is 4.00. The lowest BCUT2D eigenvalue weighted by molar-refractivity contribution is -0.118. The van der Waals surface area contributed by atoms with Gasteiger partial charge in [0.05, 0.1) is 11.0 Å². The van der Waals surface area contributed by atoms with Gasteiger partial charge in [-0.2, -0.15) is 0 Å². The standard InChI is InChI=1S/C20H21ClN4O2/c1-12(2)10-17(22-18(26)13-6-5-7-14(21)11-13)19(27)25-20-23-15-8-3-4-9-16(15)24-20/h3-9,11-12,17H,10H2,1-2H3,(H,22,26)(H2,23,24,25,27). The molecule has 2 aromatic carbocycles. The molecule has 6 nitrogen and oxygen atoms in total. The molecule has 7 heteroatoms. The number of carbonyl (C=O) groups excluding carboxylic acids is 2. The molecule has 0 spiro atoms. The van der Waals surface area contributed by atoms with Gasteiger partial charge in [0.25, 0.3) is 5.91 Å². The van der Waals surface area contributed by atoms with Crippen molar-refractivity contribution in [2.24, 2.45) is 5.92 Å². The first kappa shape index (κ1) is 18.9. The molecule has 0 fully saturated rings. The van der Waals surface area contributed by atoms with Crippen LogP contribution in [0.4, 0.5) is 5.95 Å². The minimum Gasteiger partial charge on any atom is -0.340 e. The number of halogens is 1. The lowest BCUT2D eigenvalue weighted by Gasteiger charge is -2.19. The number of rotatable bonds is 6. The number of aromatic amines is 1. The third kappa shape index (κ3) is 4.86. The number of fused-ring (bicyclic) bond motifs is 1. The maximum Gasteiger partial charge on any atom is 0.251 e. The van der Waals surface area contributed by atoms with E-state index in [0.29, 0.717) is 23.0 Å². The number of nitrogens with zero attached hydrogens (tertiary/aromatic N) is 1. The van der Waals surface area contributed by atoms with Gasteiger partial charge in [0.15, 0.2) is 0 Å². The van der Waals surface area contributed by atoms with Crippen LogP contribution in [-0.4, -0.2) is 27.8 Å². The van der Waals surface area contributed by atoms with Crippen molar-refractivity contribution in [3.8, 4) is 0 Å². The van der Waals surface area contributed by atoms with Crippen LogP contribution in [0.5, 0.6) is 0 Å². The lowest BCUT2D eigenvalue weighted by atomic mass is 10.0. The smallest absolute Gasteiger partial charge is 0.251 e. The highest BCUT2D eigenvalue weighted by Gasteiger charge is 2.23. The third-order valence-electron chi connectivity index (χ3n) is 4.05. The summed E-state index contributed by atoms with van der Waals surface area (Å²) in [4.78, 5) is 32.7. The molecule has 1 heterocycles. The minimum atomic E-state index is -0.690. The summed E-state index contributed by atoms with van der Waals surface area (Å²) >= 11 is 5.95. The second-order valence-electron chi connectivity index (χ2n) is 6.76. The van der Waals surface area contributed by atoms with E-state index < -0.39 is 6.04 Å². The molecule has 1 atom stereocenters. The molecule has 3 N–H and O–H groups in total. The summed E-state index contributed by atoms with van der Waals surface area (Å²) in [6, 6.07) is 13.4. The van der Waals surface area contributed by atoms with E-state index in [-0.39, 0.29) is 17.7 Å². The van der Waals surface area contributed by atoms with Gasteiger partial charge in [-0.25, -0.2) is 4.98 Å². The van der Waals surface area contributed by atoms with Crippen LogP contribution in [0.1, 0.15) is 30.6 Å². The van der Waals surface area contributed by atoms with Crippen molar-refractivity contribution in [3.63, 3.8) is 0 Å². The fraction of sp³-hybridized carbons (Fsp3) is 0.250. The minimum absolute atomic E-state index is 0.219. The van der Waals surface area contributed by atoms with E-state index >= 15 is 0 Å². The topological polar surface area (TPSA) is 86.9 Å². The van der Waals surface area contributed by atoms with Gasteiger partial charge in [-0.15, -0.1) is 0 Å². The first-order valence-electron chi connectivity index (χ1n) is 8.74. The Balaban J connectivity index is 1.74. The summed E-state index contributed by atoms with van der Waals surface area (Å²) in [5.74, 6) is -0.0934. The molecule has 0 bridgehead atoms. The molecular weight excluding hydrogens is 364 g/mol. The Morgan fingerprint density at radius 1 is 1.15 bits per heavy atom. The number of amides is 2. The Morgan fingerprint density at radius 2 is 1.93 bits per heavy atom. The molecule has 1 unspecified atom stereocenters. The molecule has 3 aromatic rings. The van der Waals surface area contributed by atoms with E-state index in [4.69, 9.17) is 11.6 Å². The summed E-state index contributed by atoms with van der Waals surface area (Å²) in [5, 5.41) is 6.02. The van der Waals surface area contributed by atoms with Gasteiger partial charge in [-0.3, -0.25) is 14.9 Å². The average molecular weight is 385 g/mol. The maximum atomic E-state index is 12.7.